The average Bonchev–Trinajstić information content (AvgIpc) is 3.46. The molecule has 1 saturated heterocycles. The van der Waals surface area contributed by atoms with E-state index in [1.807, 2.05) is 12.1 Å². The standard InChI is InChI=1S/C43H62N7O9P/c1-4-5-6-7-8-9-10-11-12-13-14-15-16-17-18-19-22-55-27-34(57-37-32(25-44)23-31(2)24-33(37)26-45)28-56-60(53,54)59-39-38-43(39,52)41(51)42(58-38,29-47-3)36-21-20-35-40(46)48-30-49-50(35)36/h20-21,23-24,29-30,34,38-39,41,51-52H,4-19,22,27-28H2,1-3H3,(H,53,54)(H2,46,48,49). The van der Waals surface area contributed by atoms with Gasteiger partial charge in [-0.2, -0.15) is 15.6 Å². The minimum Gasteiger partial charge on any atom is -0.483 e. The number of aliphatic hydroxyl groups excluding tert-OH is 1. The van der Waals surface area contributed by atoms with E-state index in [4.69, 9.17) is 29.0 Å². The molecule has 5 rings (SSSR count). The van der Waals surface area contributed by atoms with Gasteiger partial charge in [-0.05, 0) is 43.2 Å². The third-order valence-electron chi connectivity index (χ3n) is 11.3. The third kappa shape index (κ3) is 11.5. The number of unbranched alkanes of at least 4 members (excludes halogenated alkanes) is 15. The first kappa shape index (κ1) is 47.1. The first-order valence-electron chi connectivity index (χ1n) is 21.4. The van der Waals surface area contributed by atoms with Crippen LogP contribution in [0.4, 0.5) is 5.82 Å². The Hall–Kier alpha value is -3.96. The number of aliphatic imine (C=N–C) groups is 1. The lowest BCUT2D eigenvalue weighted by Crippen LogP contribution is -2.49. The fourth-order valence-electron chi connectivity index (χ4n) is 8.03. The van der Waals surface area contributed by atoms with Crippen molar-refractivity contribution in [1.29, 1.82) is 10.5 Å². The van der Waals surface area contributed by atoms with Crippen LogP contribution in [0.15, 0.2) is 35.6 Å². The van der Waals surface area contributed by atoms with E-state index < -0.39 is 50.0 Å². The number of fused-ring (bicyclic) bond motifs is 2. The maximum absolute atomic E-state index is 13.4. The average molecular weight is 852 g/mol. The molecule has 1 saturated carbocycles. The van der Waals surface area contributed by atoms with Gasteiger partial charge in [-0.1, -0.05) is 103 Å². The van der Waals surface area contributed by atoms with Crippen LogP contribution < -0.4 is 10.5 Å². The minimum absolute atomic E-state index is 0.000295. The van der Waals surface area contributed by atoms with Crippen LogP contribution in [0.2, 0.25) is 0 Å². The highest BCUT2D eigenvalue weighted by atomic mass is 31.2. The summed E-state index contributed by atoms with van der Waals surface area (Å²) in [7, 11) is -3.48. The Balaban J connectivity index is 1.10. The lowest BCUT2D eigenvalue weighted by Gasteiger charge is -2.32. The van der Waals surface area contributed by atoms with Gasteiger partial charge < -0.3 is 35.1 Å². The molecule has 328 valence electrons. The van der Waals surface area contributed by atoms with Gasteiger partial charge in [-0.15, -0.1) is 0 Å². The number of aromatic nitrogens is 3. The van der Waals surface area contributed by atoms with Crippen molar-refractivity contribution in [3.05, 3.63) is 53.0 Å². The first-order valence-corrected chi connectivity index (χ1v) is 22.9. The fourth-order valence-corrected chi connectivity index (χ4v) is 9.01. The minimum atomic E-state index is -4.95. The number of ether oxygens (including phenoxy) is 3. The molecule has 16 nitrogen and oxygen atoms in total. The molecule has 0 bridgehead atoms. The maximum atomic E-state index is 13.4. The number of nitrogens with two attached hydrogens (primary N) is 1. The molecule has 1 aliphatic heterocycles. The van der Waals surface area contributed by atoms with Crippen molar-refractivity contribution in [1.82, 2.24) is 14.6 Å². The predicted molar refractivity (Wildman–Crippen MR) is 225 cm³/mol. The van der Waals surface area contributed by atoms with Crippen molar-refractivity contribution in [3.63, 3.8) is 0 Å². The molecule has 17 heteroatoms. The predicted octanol–water partition coefficient (Wildman–Crippen LogP) is 6.99. The summed E-state index contributed by atoms with van der Waals surface area (Å²) in [5.74, 6) is 0.180. The van der Waals surface area contributed by atoms with Gasteiger partial charge in [0, 0.05) is 19.9 Å². The summed E-state index contributed by atoms with van der Waals surface area (Å²) in [6.07, 6.45) is 17.1. The second-order valence-corrected chi connectivity index (χ2v) is 17.4. The van der Waals surface area contributed by atoms with Gasteiger partial charge in [0.05, 0.1) is 30.0 Å². The van der Waals surface area contributed by atoms with E-state index in [0.717, 1.165) is 19.3 Å². The number of aryl methyl sites for hydroxylation is 1. The van der Waals surface area contributed by atoms with E-state index >= 15 is 0 Å². The van der Waals surface area contributed by atoms with Gasteiger partial charge in [0.1, 0.15) is 48.4 Å². The maximum Gasteiger partial charge on any atom is 0.472 e. The number of rotatable bonds is 28. The molecule has 60 heavy (non-hydrogen) atoms. The van der Waals surface area contributed by atoms with Crippen LogP contribution in [-0.2, 0) is 28.7 Å². The summed E-state index contributed by atoms with van der Waals surface area (Å²) in [6.45, 7) is 3.78. The number of phosphoric ester groups is 1. The van der Waals surface area contributed by atoms with Gasteiger partial charge >= 0.3 is 7.82 Å². The Labute approximate surface area is 353 Å². The lowest BCUT2D eigenvalue weighted by atomic mass is 9.90. The van der Waals surface area contributed by atoms with Crippen LogP contribution in [0.25, 0.3) is 5.52 Å². The van der Waals surface area contributed by atoms with Gasteiger partial charge in [-0.25, -0.2) is 14.1 Å². The van der Waals surface area contributed by atoms with E-state index in [1.54, 1.807) is 31.2 Å². The Morgan fingerprint density at radius 3 is 2.10 bits per heavy atom. The molecule has 0 radical (unpaired) electrons. The van der Waals surface area contributed by atoms with E-state index in [-0.39, 0.29) is 35.0 Å². The zero-order chi connectivity index (χ0) is 43.2. The van der Waals surface area contributed by atoms with Gasteiger partial charge in [-0.3, -0.25) is 14.0 Å². The Morgan fingerprint density at radius 1 is 0.983 bits per heavy atom. The summed E-state index contributed by atoms with van der Waals surface area (Å²) < 4.78 is 43.7. The molecule has 2 aliphatic rings. The van der Waals surface area contributed by atoms with Crippen molar-refractivity contribution in [2.24, 2.45) is 4.99 Å². The third-order valence-corrected chi connectivity index (χ3v) is 12.3. The SMILES string of the molecule is CCCCCCCCCCCCCCCCCCOCC(COP(=O)(O)OC1C2OC(C=NC)(c3ccc4c(N)ncnn34)C(O)C21O)Oc1c(C#N)cc(C)cc1C#N. The van der Waals surface area contributed by atoms with Crippen molar-refractivity contribution in [3.8, 4) is 17.9 Å². The number of phosphoric acid groups is 1. The highest BCUT2D eigenvalue weighted by molar-refractivity contribution is 7.47. The van der Waals surface area contributed by atoms with Gasteiger partial charge in [0.15, 0.2) is 22.8 Å². The van der Waals surface area contributed by atoms with Crippen molar-refractivity contribution in [2.75, 3.05) is 32.6 Å². The highest BCUT2D eigenvalue weighted by Crippen LogP contribution is 2.63. The molecule has 2 fully saturated rings. The van der Waals surface area contributed by atoms with Gasteiger partial charge in [0.2, 0.25) is 0 Å². The van der Waals surface area contributed by atoms with Crippen LogP contribution >= 0.6 is 7.82 Å². The molecule has 3 aromatic rings. The Morgan fingerprint density at radius 2 is 1.57 bits per heavy atom. The zero-order valence-electron chi connectivity index (χ0n) is 35.2. The molecule has 3 heterocycles. The molecular formula is C43H62N7O9P. The second-order valence-electron chi connectivity index (χ2n) is 16.0. The topological polar surface area (TPSA) is 240 Å². The summed E-state index contributed by atoms with van der Waals surface area (Å²) in [5, 5.41) is 47.0. The van der Waals surface area contributed by atoms with E-state index in [2.05, 4.69) is 22.0 Å². The molecule has 5 N–H and O–H groups in total. The number of nitriles is 2. The molecular weight excluding hydrogens is 789 g/mol. The van der Waals surface area contributed by atoms with Crippen molar-refractivity contribution < 1.29 is 42.9 Å². The van der Waals surface area contributed by atoms with Crippen LogP contribution in [0.3, 0.4) is 0 Å². The molecule has 0 spiro atoms. The Kier molecular flexibility index (Phi) is 17.4. The molecule has 0 amide bonds. The lowest BCUT2D eigenvalue weighted by molar-refractivity contribution is -0.0971. The number of hydrogen-bond donors (Lipinski definition) is 4. The molecule has 7 atom stereocenters. The summed E-state index contributed by atoms with van der Waals surface area (Å²) in [5.41, 5.74) is 3.79. The second kappa shape index (κ2) is 22.2. The smallest absolute Gasteiger partial charge is 0.472 e. The van der Waals surface area contributed by atoms with E-state index in [9.17, 15) is 30.2 Å². The van der Waals surface area contributed by atoms with Crippen LogP contribution in [-0.4, -0.2) is 92.8 Å². The van der Waals surface area contributed by atoms with Crippen LogP contribution in [0, 0.1) is 29.6 Å². The molecule has 7 unspecified atom stereocenters. The van der Waals surface area contributed by atoms with E-state index in [1.165, 1.54) is 108 Å². The van der Waals surface area contributed by atoms with Gasteiger partial charge in [0.25, 0.3) is 0 Å². The molecule has 2 aromatic heterocycles. The number of hydrogen-bond acceptors (Lipinski definition) is 14. The number of nitrogens with zero attached hydrogens (tertiary/aromatic N) is 6. The monoisotopic (exact) mass is 851 g/mol. The fraction of sp³-hybridized carbons (Fsp3) is 0.651. The number of benzene rings is 1. The largest absolute Gasteiger partial charge is 0.483 e. The Bertz CT molecular complexity index is 1980. The van der Waals surface area contributed by atoms with Crippen molar-refractivity contribution >= 4 is 25.4 Å². The number of anilines is 1. The molecule has 1 aromatic carbocycles. The van der Waals surface area contributed by atoms with Crippen LogP contribution in [0.1, 0.15) is 132 Å². The summed E-state index contributed by atoms with van der Waals surface area (Å²) in [6, 6.07) is 10.5. The number of nitrogen functional groups attached to an aromatic ring is 1. The highest BCUT2D eigenvalue weighted by Gasteiger charge is 2.83. The normalized spacial score (nSPS) is 23.6. The first-order chi connectivity index (χ1) is 29.0. The van der Waals surface area contributed by atoms with E-state index in [0.29, 0.717) is 17.7 Å². The molecule has 1 aliphatic carbocycles. The van der Waals surface area contributed by atoms with Crippen molar-refractivity contribution in [2.45, 2.75) is 152 Å². The van der Waals surface area contributed by atoms with Crippen LogP contribution in [0.5, 0.6) is 5.75 Å². The summed E-state index contributed by atoms with van der Waals surface area (Å²) in [4.78, 5) is 18.9. The summed E-state index contributed by atoms with van der Waals surface area (Å²) >= 11 is 0. The zero-order valence-corrected chi connectivity index (χ0v) is 36.1. The number of aliphatic hydroxyl groups is 2. The quantitative estimate of drug-likeness (QED) is 0.0327.